The zero-order valence-electron chi connectivity index (χ0n) is 26.6. The van der Waals surface area contributed by atoms with Crippen LogP contribution in [0.3, 0.4) is 0 Å². The van der Waals surface area contributed by atoms with Crippen molar-refractivity contribution in [1.29, 1.82) is 0 Å². The maximum Gasteiger partial charge on any atom is 0.333 e. The fourth-order valence-electron chi connectivity index (χ4n) is 3.09. The first-order chi connectivity index (χ1) is 21.2. The number of ether oxygens (including phenoxy) is 6. The van der Waals surface area contributed by atoms with E-state index in [0.29, 0.717) is 0 Å². The van der Waals surface area contributed by atoms with Crippen LogP contribution in [0.2, 0.25) is 0 Å². The molecule has 0 aromatic rings. The Morgan fingerprint density at radius 2 is 1.07 bits per heavy atom. The molecule has 0 aromatic heterocycles. The summed E-state index contributed by atoms with van der Waals surface area (Å²) in [6.45, 7) is 12.2. The Morgan fingerprint density at radius 3 is 1.48 bits per heavy atom. The quantitative estimate of drug-likeness (QED) is 0.0960. The second-order valence-electron chi connectivity index (χ2n) is 11.0. The van der Waals surface area contributed by atoms with Crippen LogP contribution >= 0.6 is 0 Å². The number of hydrogen-bond donors (Lipinski definition) is 2. The first-order valence-corrected chi connectivity index (χ1v) is 14.1. The zero-order valence-corrected chi connectivity index (χ0v) is 26.6. The SMILES string of the molecule is C=C(C)C(=O)OCC(COC(=O)C(C)(C)CC(=C)C(=O)OCC(COC(=O)C(C)C)OC(=O)CCC(=O)O)OC(=O)CCC(=O)O. The Morgan fingerprint density at radius 1 is 0.652 bits per heavy atom. The third-order valence-electron chi connectivity index (χ3n) is 5.61. The highest BCUT2D eigenvalue weighted by Crippen LogP contribution is 2.27. The average molecular weight is 659 g/mol. The first kappa shape index (κ1) is 41.2. The monoisotopic (exact) mass is 658 g/mol. The van der Waals surface area contributed by atoms with Crippen LogP contribution in [-0.4, -0.2) is 96.6 Å². The van der Waals surface area contributed by atoms with Crippen LogP contribution in [0.15, 0.2) is 24.3 Å². The lowest BCUT2D eigenvalue weighted by atomic mass is 9.86. The van der Waals surface area contributed by atoms with Gasteiger partial charge in [-0.05, 0) is 27.2 Å². The number of carbonyl (C=O) groups is 8. The number of esters is 6. The van der Waals surface area contributed by atoms with E-state index in [0.717, 1.165) is 0 Å². The van der Waals surface area contributed by atoms with Gasteiger partial charge in [0.2, 0.25) is 0 Å². The summed E-state index contributed by atoms with van der Waals surface area (Å²) in [6.07, 6.45) is -4.80. The number of carboxylic acids is 2. The van der Waals surface area contributed by atoms with E-state index in [9.17, 15) is 38.4 Å². The molecule has 0 amide bonds. The molecule has 0 aromatic carbocycles. The van der Waals surface area contributed by atoms with Gasteiger partial charge < -0.3 is 38.6 Å². The van der Waals surface area contributed by atoms with Crippen LogP contribution in [-0.2, 0) is 66.8 Å². The highest BCUT2D eigenvalue weighted by atomic mass is 16.6. The van der Waals surface area contributed by atoms with Gasteiger partial charge in [-0.15, -0.1) is 0 Å². The molecule has 0 aliphatic heterocycles. The minimum Gasteiger partial charge on any atom is -0.481 e. The molecule has 0 heterocycles. The standard InChI is InChI=1S/C30H42O16/c1-17(2)26(37)41-13-20(45-24(35)10-8-22(31)32)15-43-28(39)19(5)12-30(6,7)29(40)44-16-21(14-42-27(38)18(3)4)46-25(36)11-9-23(33)34/h17,20-21H,3,5,8-16H2,1-2,4,6-7H3,(H,31,32)(H,33,34). The van der Waals surface area contributed by atoms with E-state index in [4.69, 9.17) is 38.6 Å². The molecule has 0 aliphatic rings. The topological polar surface area (TPSA) is 232 Å². The maximum atomic E-state index is 12.9. The largest absolute Gasteiger partial charge is 0.481 e. The minimum atomic E-state index is -1.39. The van der Waals surface area contributed by atoms with E-state index in [-0.39, 0.29) is 17.6 Å². The Labute approximate surface area is 266 Å². The predicted octanol–water partition coefficient (Wildman–Crippen LogP) is 1.92. The fraction of sp³-hybridized carbons (Fsp3) is 0.600. The summed E-state index contributed by atoms with van der Waals surface area (Å²) in [6, 6.07) is 0. The van der Waals surface area contributed by atoms with Crippen molar-refractivity contribution in [2.24, 2.45) is 11.3 Å². The lowest BCUT2D eigenvalue weighted by Crippen LogP contribution is -2.35. The van der Waals surface area contributed by atoms with Gasteiger partial charge in [-0.1, -0.05) is 27.0 Å². The summed E-state index contributed by atoms with van der Waals surface area (Å²) in [5, 5.41) is 17.5. The van der Waals surface area contributed by atoms with Crippen molar-refractivity contribution >= 4 is 47.8 Å². The van der Waals surface area contributed by atoms with Gasteiger partial charge in [0.25, 0.3) is 0 Å². The molecule has 0 radical (unpaired) electrons. The highest BCUT2D eigenvalue weighted by Gasteiger charge is 2.34. The van der Waals surface area contributed by atoms with Crippen LogP contribution in [0.5, 0.6) is 0 Å². The van der Waals surface area contributed by atoms with Gasteiger partial charge in [-0.25, -0.2) is 9.59 Å². The lowest BCUT2D eigenvalue weighted by molar-refractivity contribution is -0.170. The van der Waals surface area contributed by atoms with Crippen molar-refractivity contribution in [3.8, 4) is 0 Å². The third-order valence-corrected chi connectivity index (χ3v) is 5.61. The molecule has 2 unspecified atom stereocenters. The van der Waals surface area contributed by atoms with E-state index >= 15 is 0 Å². The van der Waals surface area contributed by atoms with E-state index in [2.05, 4.69) is 13.2 Å². The summed E-state index contributed by atoms with van der Waals surface area (Å²) in [5.74, 6) is -8.11. The van der Waals surface area contributed by atoms with Crippen LogP contribution in [0, 0.1) is 11.3 Å². The third kappa shape index (κ3) is 18.1. The molecule has 16 heteroatoms. The van der Waals surface area contributed by atoms with Crippen LogP contribution in [0.4, 0.5) is 0 Å². The summed E-state index contributed by atoms with van der Waals surface area (Å²) >= 11 is 0. The molecule has 0 saturated carbocycles. The molecule has 0 fully saturated rings. The second-order valence-corrected chi connectivity index (χ2v) is 11.0. The fourth-order valence-corrected chi connectivity index (χ4v) is 3.09. The first-order valence-electron chi connectivity index (χ1n) is 14.1. The van der Waals surface area contributed by atoms with Crippen molar-refractivity contribution in [3.05, 3.63) is 24.3 Å². The summed E-state index contributed by atoms with van der Waals surface area (Å²) < 4.78 is 30.6. The van der Waals surface area contributed by atoms with E-state index in [1.807, 2.05) is 0 Å². The molecule has 0 aliphatic carbocycles. The van der Waals surface area contributed by atoms with Gasteiger partial charge >= 0.3 is 47.8 Å². The Bertz CT molecular complexity index is 1170. The lowest BCUT2D eigenvalue weighted by Gasteiger charge is -2.25. The van der Waals surface area contributed by atoms with Gasteiger partial charge in [-0.2, -0.15) is 0 Å². The predicted molar refractivity (Wildman–Crippen MR) is 155 cm³/mol. The Kier molecular flexibility index (Phi) is 18.2. The maximum absolute atomic E-state index is 12.9. The smallest absolute Gasteiger partial charge is 0.333 e. The Balaban J connectivity index is 5.27. The molecule has 0 spiro atoms. The normalized spacial score (nSPS) is 12.1. The number of carbonyl (C=O) groups excluding carboxylic acids is 6. The van der Waals surface area contributed by atoms with Crippen LogP contribution in [0.25, 0.3) is 0 Å². The Hall–Kier alpha value is -4.76. The summed E-state index contributed by atoms with van der Waals surface area (Å²) in [4.78, 5) is 94.6. The van der Waals surface area contributed by atoms with Crippen molar-refractivity contribution in [3.63, 3.8) is 0 Å². The molecule has 46 heavy (non-hydrogen) atoms. The second kappa shape index (κ2) is 20.3. The molecular weight excluding hydrogens is 616 g/mol. The average Bonchev–Trinajstić information content (AvgIpc) is 2.96. The van der Waals surface area contributed by atoms with Gasteiger partial charge in [0.05, 0.1) is 37.0 Å². The summed E-state index contributed by atoms with van der Waals surface area (Å²) in [5.41, 5.74) is -1.53. The molecule has 0 saturated heterocycles. The molecule has 0 rings (SSSR count). The minimum absolute atomic E-state index is 0.0544. The number of hydrogen-bond acceptors (Lipinski definition) is 14. The molecule has 16 nitrogen and oxygen atoms in total. The molecule has 2 atom stereocenters. The van der Waals surface area contributed by atoms with E-state index in [1.54, 1.807) is 13.8 Å². The molecule has 2 N–H and O–H groups in total. The number of carboxylic acid groups (broad SMARTS) is 2. The van der Waals surface area contributed by atoms with Crippen molar-refractivity contribution < 1.29 is 77.0 Å². The number of rotatable bonds is 22. The van der Waals surface area contributed by atoms with Crippen molar-refractivity contribution in [1.82, 2.24) is 0 Å². The molecular formula is C30H42O16. The van der Waals surface area contributed by atoms with E-state index in [1.165, 1.54) is 20.8 Å². The van der Waals surface area contributed by atoms with Crippen LogP contribution in [0.1, 0.15) is 66.7 Å². The molecule has 258 valence electrons. The zero-order chi connectivity index (χ0) is 35.6. The van der Waals surface area contributed by atoms with E-state index < -0.39 is 123 Å². The highest BCUT2D eigenvalue weighted by molar-refractivity contribution is 5.89. The van der Waals surface area contributed by atoms with Gasteiger partial charge in [0, 0.05) is 11.1 Å². The van der Waals surface area contributed by atoms with Gasteiger partial charge in [0.1, 0.15) is 26.4 Å². The van der Waals surface area contributed by atoms with Crippen molar-refractivity contribution in [2.75, 3.05) is 26.4 Å². The van der Waals surface area contributed by atoms with Crippen molar-refractivity contribution in [2.45, 2.75) is 78.9 Å². The summed E-state index contributed by atoms with van der Waals surface area (Å²) in [7, 11) is 0. The van der Waals surface area contributed by atoms with Gasteiger partial charge in [-0.3, -0.25) is 28.8 Å². The van der Waals surface area contributed by atoms with Crippen LogP contribution < -0.4 is 0 Å². The number of aliphatic carboxylic acids is 2. The van der Waals surface area contributed by atoms with Gasteiger partial charge in [0.15, 0.2) is 12.2 Å². The molecule has 0 bridgehead atoms.